The standard InChI is InChI=1S/C18H26O2/c1-3-5-6-7-8-9-13-16-14-10-11-15-17(16)20-18(19)12-4-2/h4,10-12,14-15H,3,5-9,13H2,1-2H3. The normalized spacial score (nSPS) is 10.9. The van der Waals surface area contributed by atoms with Crippen molar-refractivity contribution in [3.8, 4) is 5.75 Å². The fourth-order valence-corrected chi connectivity index (χ4v) is 2.18. The third-order valence-corrected chi connectivity index (χ3v) is 3.29. The highest BCUT2D eigenvalue weighted by atomic mass is 16.5. The first kappa shape index (κ1) is 16.5. The molecule has 2 nitrogen and oxygen atoms in total. The van der Waals surface area contributed by atoms with Crippen LogP contribution in [0.15, 0.2) is 36.4 Å². The summed E-state index contributed by atoms with van der Waals surface area (Å²) < 4.78 is 5.36. The summed E-state index contributed by atoms with van der Waals surface area (Å²) in [7, 11) is 0. The molecule has 1 aromatic rings. The number of para-hydroxylation sites is 1. The highest BCUT2D eigenvalue weighted by molar-refractivity contribution is 5.84. The van der Waals surface area contributed by atoms with Gasteiger partial charge in [-0.1, -0.05) is 63.3 Å². The fourth-order valence-electron chi connectivity index (χ4n) is 2.18. The third kappa shape index (κ3) is 6.55. The number of hydrogen-bond acceptors (Lipinski definition) is 2. The molecular weight excluding hydrogens is 248 g/mol. The number of benzene rings is 1. The molecule has 0 aliphatic rings. The van der Waals surface area contributed by atoms with Crippen LogP contribution in [0, 0.1) is 0 Å². The van der Waals surface area contributed by atoms with Gasteiger partial charge in [0.15, 0.2) is 0 Å². The first-order chi connectivity index (χ1) is 9.77. The van der Waals surface area contributed by atoms with Crippen LogP contribution in [-0.4, -0.2) is 5.97 Å². The van der Waals surface area contributed by atoms with Crippen molar-refractivity contribution >= 4 is 5.97 Å². The van der Waals surface area contributed by atoms with E-state index in [2.05, 4.69) is 6.92 Å². The van der Waals surface area contributed by atoms with Gasteiger partial charge in [0.25, 0.3) is 0 Å². The van der Waals surface area contributed by atoms with E-state index in [-0.39, 0.29) is 5.97 Å². The monoisotopic (exact) mass is 274 g/mol. The molecule has 2 heteroatoms. The number of carbonyl (C=O) groups excluding carboxylic acids is 1. The molecule has 110 valence electrons. The number of hydrogen-bond donors (Lipinski definition) is 0. The quantitative estimate of drug-likeness (QED) is 0.272. The van der Waals surface area contributed by atoms with Gasteiger partial charge in [-0.25, -0.2) is 4.79 Å². The third-order valence-electron chi connectivity index (χ3n) is 3.29. The van der Waals surface area contributed by atoms with Gasteiger partial charge in [-0.3, -0.25) is 0 Å². The molecule has 0 N–H and O–H groups in total. The SMILES string of the molecule is CC=CC(=O)Oc1ccccc1CCCCCCCC. The molecule has 0 heterocycles. The summed E-state index contributed by atoms with van der Waals surface area (Å²) in [6.07, 6.45) is 11.8. The van der Waals surface area contributed by atoms with E-state index >= 15 is 0 Å². The van der Waals surface area contributed by atoms with Crippen molar-refractivity contribution in [2.45, 2.75) is 58.8 Å². The Labute approximate surface area is 122 Å². The van der Waals surface area contributed by atoms with Gasteiger partial charge < -0.3 is 4.74 Å². The minimum atomic E-state index is -0.303. The molecule has 0 atom stereocenters. The molecule has 0 aliphatic heterocycles. The summed E-state index contributed by atoms with van der Waals surface area (Å²) in [6, 6.07) is 7.82. The Bertz CT molecular complexity index is 421. The molecule has 0 bridgehead atoms. The van der Waals surface area contributed by atoms with Crippen molar-refractivity contribution < 1.29 is 9.53 Å². The number of carbonyl (C=O) groups is 1. The molecule has 0 spiro atoms. The molecule has 0 aliphatic carbocycles. The van der Waals surface area contributed by atoms with Crippen LogP contribution in [0.5, 0.6) is 5.75 Å². The molecule has 1 rings (SSSR count). The minimum absolute atomic E-state index is 0.303. The number of ether oxygens (including phenoxy) is 1. The van der Waals surface area contributed by atoms with E-state index in [1.165, 1.54) is 38.2 Å². The summed E-state index contributed by atoms with van der Waals surface area (Å²) in [5, 5.41) is 0. The molecule has 0 saturated carbocycles. The maximum atomic E-state index is 11.5. The largest absolute Gasteiger partial charge is 0.423 e. The summed E-state index contributed by atoms with van der Waals surface area (Å²) in [6.45, 7) is 4.04. The lowest BCUT2D eigenvalue weighted by atomic mass is 10.0. The molecule has 0 radical (unpaired) electrons. The Kier molecular flexibility index (Phi) is 8.44. The Morgan fingerprint density at radius 2 is 1.80 bits per heavy atom. The first-order valence-electron chi connectivity index (χ1n) is 7.70. The van der Waals surface area contributed by atoms with E-state index < -0.39 is 0 Å². The van der Waals surface area contributed by atoms with Crippen LogP contribution in [-0.2, 0) is 11.2 Å². The van der Waals surface area contributed by atoms with Crippen molar-refractivity contribution in [1.29, 1.82) is 0 Å². The van der Waals surface area contributed by atoms with Crippen LogP contribution in [0.3, 0.4) is 0 Å². The lowest BCUT2D eigenvalue weighted by Crippen LogP contribution is -2.05. The Morgan fingerprint density at radius 1 is 1.10 bits per heavy atom. The molecule has 0 aromatic heterocycles. The van der Waals surface area contributed by atoms with Crippen molar-refractivity contribution in [1.82, 2.24) is 0 Å². The zero-order chi connectivity index (χ0) is 14.6. The van der Waals surface area contributed by atoms with Crippen LogP contribution in [0.4, 0.5) is 0 Å². The highest BCUT2D eigenvalue weighted by Crippen LogP contribution is 2.21. The first-order valence-corrected chi connectivity index (χ1v) is 7.70. The fraction of sp³-hybridized carbons (Fsp3) is 0.500. The molecule has 0 fully saturated rings. The molecule has 0 amide bonds. The number of rotatable bonds is 9. The molecule has 20 heavy (non-hydrogen) atoms. The summed E-state index contributed by atoms with van der Waals surface area (Å²) >= 11 is 0. The molecular formula is C18H26O2. The molecule has 1 aromatic carbocycles. The average Bonchev–Trinajstić information content (AvgIpc) is 2.44. The second kappa shape index (κ2) is 10.2. The van der Waals surface area contributed by atoms with Crippen LogP contribution >= 0.6 is 0 Å². The molecule has 0 saturated heterocycles. The number of allylic oxidation sites excluding steroid dienone is 1. The number of unbranched alkanes of at least 4 members (excludes halogenated alkanes) is 5. The van der Waals surface area contributed by atoms with Gasteiger partial charge in [-0.05, 0) is 31.4 Å². The van der Waals surface area contributed by atoms with E-state index in [9.17, 15) is 4.79 Å². The van der Waals surface area contributed by atoms with E-state index in [4.69, 9.17) is 4.74 Å². The van der Waals surface area contributed by atoms with E-state index in [1.807, 2.05) is 31.2 Å². The number of esters is 1. The lowest BCUT2D eigenvalue weighted by Gasteiger charge is -2.08. The van der Waals surface area contributed by atoms with Crippen LogP contribution < -0.4 is 4.74 Å². The van der Waals surface area contributed by atoms with Gasteiger partial charge in [0.05, 0.1) is 0 Å². The maximum Gasteiger partial charge on any atom is 0.335 e. The van der Waals surface area contributed by atoms with Crippen molar-refractivity contribution in [2.75, 3.05) is 0 Å². The van der Waals surface area contributed by atoms with Gasteiger partial charge in [0, 0.05) is 6.08 Å². The highest BCUT2D eigenvalue weighted by Gasteiger charge is 2.06. The number of aryl methyl sites for hydroxylation is 1. The van der Waals surface area contributed by atoms with Crippen LogP contribution in [0.25, 0.3) is 0 Å². The average molecular weight is 274 g/mol. The van der Waals surface area contributed by atoms with E-state index in [1.54, 1.807) is 6.08 Å². The van der Waals surface area contributed by atoms with Gasteiger partial charge in [-0.15, -0.1) is 0 Å². The van der Waals surface area contributed by atoms with Crippen molar-refractivity contribution in [2.24, 2.45) is 0 Å². The van der Waals surface area contributed by atoms with Crippen molar-refractivity contribution in [3.63, 3.8) is 0 Å². The predicted molar refractivity (Wildman–Crippen MR) is 84.0 cm³/mol. The summed E-state index contributed by atoms with van der Waals surface area (Å²) in [4.78, 5) is 11.5. The Balaban J connectivity index is 2.43. The zero-order valence-corrected chi connectivity index (χ0v) is 12.7. The van der Waals surface area contributed by atoms with E-state index in [0.29, 0.717) is 5.75 Å². The maximum absolute atomic E-state index is 11.5. The zero-order valence-electron chi connectivity index (χ0n) is 12.7. The Hall–Kier alpha value is -1.57. The van der Waals surface area contributed by atoms with Crippen LogP contribution in [0.2, 0.25) is 0 Å². The topological polar surface area (TPSA) is 26.3 Å². The lowest BCUT2D eigenvalue weighted by molar-refractivity contribution is -0.129. The summed E-state index contributed by atoms with van der Waals surface area (Å²) in [5.41, 5.74) is 1.13. The van der Waals surface area contributed by atoms with Gasteiger partial charge in [0.1, 0.15) is 5.75 Å². The minimum Gasteiger partial charge on any atom is -0.423 e. The van der Waals surface area contributed by atoms with Gasteiger partial charge in [0.2, 0.25) is 0 Å². The van der Waals surface area contributed by atoms with Crippen LogP contribution in [0.1, 0.15) is 57.9 Å². The van der Waals surface area contributed by atoms with Gasteiger partial charge in [-0.2, -0.15) is 0 Å². The summed E-state index contributed by atoms with van der Waals surface area (Å²) in [5.74, 6) is 0.395. The molecule has 0 unspecified atom stereocenters. The smallest absolute Gasteiger partial charge is 0.335 e. The van der Waals surface area contributed by atoms with Crippen molar-refractivity contribution in [3.05, 3.63) is 42.0 Å². The second-order valence-electron chi connectivity index (χ2n) is 5.05. The van der Waals surface area contributed by atoms with E-state index in [0.717, 1.165) is 18.4 Å². The van der Waals surface area contributed by atoms with Gasteiger partial charge >= 0.3 is 5.97 Å². The second-order valence-corrected chi connectivity index (χ2v) is 5.05. The Morgan fingerprint density at radius 3 is 2.55 bits per heavy atom. The predicted octanol–water partition coefficient (Wildman–Crippen LogP) is 5.07.